The van der Waals surface area contributed by atoms with Crippen LogP contribution in [0.5, 0.6) is 0 Å². The highest BCUT2D eigenvalue weighted by Crippen LogP contribution is 2.44. The summed E-state index contributed by atoms with van der Waals surface area (Å²) >= 11 is 6.13. The zero-order valence-corrected chi connectivity index (χ0v) is 21.1. The van der Waals surface area contributed by atoms with Crippen LogP contribution in [0.15, 0.2) is 36.4 Å². The van der Waals surface area contributed by atoms with Crippen LogP contribution in [0, 0.1) is 5.82 Å². The van der Waals surface area contributed by atoms with Crippen LogP contribution in [0.3, 0.4) is 0 Å². The van der Waals surface area contributed by atoms with Crippen molar-refractivity contribution in [2.75, 3.05) is 33.3 Å². The largest absolute Gasteiger partial charge is 0.450 e. The predicted octanol–water partition coefficient (Wildman–Crippen LogP) is 3.35. The number of alkyl carbamates (subject to hydrolysis) is 1. The molecule has 12 heteroatoms. The van der Waals surface area contributed by atoms with Gasteiger partial charge in [-0.1, -0.05) is 23.7 Å². The number of H-pyrrole nitrogens is 1. The predicted molar refractivity (Wildman–Crippen MR) is 135 cm³/mol. The Morgan fingerprint density at radius 2 is 1.95 bits per heavy atom. The van der Waals surface area contributed by atoms with E-state index in [9.17, 15) is 23.6 Å². The number of ether oxygens (including phenoxy) is 2. The molecule has 2 aliphatic heterocycles. The molecule has 3 heterocycles. The second-order valence-electron chi connectivity index (χ2n) is 9.07. The highest BCUT2D eigenvalue weighted by Gasteiger charge is 2.48. The molecule has 0 radical (unpaired) electrons. The van der Waals surface area contributed by atoms with Crippen LogP contribution < -0.4 is 10.6 Å². The fourth-order valence-corrected chi connectivity index (χ4v) is 5.17. The first-order valence-corrected chi connectivity index (χ1v) is 12.4. The first-order chi connectivity index (χ1) is 18.2. The van der Waals surface area contributed by atoms with Gasteiger partial charge in [0.25, 0.3) is 11.8 Å². The van der Waals surface area contributed by atoms with E-state index in [1.807, 2.05) is 0 Å². The van der Waals surface area contributed by atoms with E-state index in [1.165, 1.54) is 19.2 Å². The molecule has 198 valence electrons. The smallest absolute Gasteiger partial charge is 0.406 e. The van der Waals surface area contributed by atoms with Crippen molar-refractivity contribution < 1.29 is 33.0 Å². The van der Waals surface area contributed by atoms with Gasteiger partial charge < -0.3 is 30.0 Å². The van der Waals surface area contributed by atoms with Gasteiger partial charge in [-0.3, -0.25) is 9.59 Å². The molecule has 1 aromatic heterocycles. The van der Waals surface area contributed by atoms with Gasteiger partial charge in [-0.05, 0) is 24.3 Å². The summed E-state index contributed by atoms with van der Waals surface area (Å²) in [6.07, 6.45) is 0.0321. The average Bonchev–Trinajstić information content (AvgIpc) is 3.41. The number of piperidine rings is 1. The Kier molecular flexibility index (Phi) is 6.70. The van der Waals surface area contributed by atoms with E-state index in [1.54, 1.807) is 29.2 Å². The van der Waals surface area contributed by atoms with E-state index < -0.39 is 29.4 Å². The lowest BCUT2D eigenvalue weighted by Gasteiger charge is -2.38. The summed E-state index contributed by atoms with van der Waals surface area (Å²) in [5.74, 6) is -2.01. The lowest BCUT2D eigenvalue weighted by Crippen LogP contribution is -2.45. The summed E-state index contributed by atoms with van der Waals surface area (Å²) in [5, 5.41) is 5.91. The van der Waals surface area contributed by atoms with Gasteiger partial charge in [-0.2, -0.15) is 0 Å². The van der Waals surface area contributed by atoms with Gasteiger partial charge in [0.2, 0.25) is 0 Å². The molecule has 2 aromatic carbocycles. The minimum absolute atomic E-state index is 0.0353. The average molecular weight is 543 g/mol. The van der Waals surface area contributed by atoms with E-state index in [0.29, 0.717) is 34.3 Å². The lowest BCUT2D eigenvalue weighted by molar-refractivity contribution is -0.0389. The summed E-state index contributed by atoms with van der Waals surface area (Å²) in [7, 11) is 1.42. The number of aromatic amines is 1. The molecule has 0 unspecified atom stereocenters. The topological polar surface area (TPSA) is 130 Å². The molecule has 0 atom stereocenters. The highest BCUT2D eigenvalue weighted by molar-refractivity contribution is 6.31. The first kappa shape index (κ1) is 25.5. The Labute approximate surface area is 221 Å². The van der Waals surface area contributed by atoms with Crippen LogP contribution in [-0.2, 0) is 15.1 Å². The summed E-state index contributed by atoms with van der Waals surface area (Å²) in [6, 6.07) is 8.95. The number of nitrogens with zero attached hydrogens (tertiary/aromatic N) is 1. The molecule has 38 heavy (non-hydrogen) atoms. The van der Waals surface area contributed by atoms with Crippen LogP contribution in [0.4, 0.5) is 9.18 Å². The number of hydrogen-bond donors (Lipinski definition) is 3. The second kappa shape index (κ2) is 9.97. The molecule has 10 nitrogen and oxygen atoms in total. The molecule has 0 aliphatic carbocycles. The van der Waals surface area contributed by atoms with Crippen LogP contribution in [0.1, 0.15) is 49.6 Å². The minimum Gasteiger partial charge on any atom is -0.450 e. The van der Waals surface area contributed by atoms with Crippen LogP contribution in [0.25, 0.3) is 10.9 Å². The Bertz CT molecular complexity index is 1460. The third-order valence-corrected chi connectivity index (χ3v) is 7.10. The van der Waals surface area contributed by atoms with Crippen molar-refractivity contribution in [3.8, 4) is 0 Å². The molecular formula is C26H24ClFN4O6. The Morgan fingerprint density at radius 3 is 2.68 bits per heavy atom. The number of aromatic nitrogens is 1. The molecule has 3 aromatic rings. The van der Waals surface area contributed by atoms with Crippen molar-refractivity contribution in [2.45, 2.75) is 18.4 Å². The lowest BCUT2D eigenvalue weighted by atomic mass is 9.83. The fraction of sp³-hybridized carbons (Fsp3) is 0.308. The van der Waals surface area contributed by atoms with Gasteiger partial charge in [-0.25, -0.2) is 14.0 Å². The van der Waals surface area contributed by atoms with Gasteiger partial charge >= 0.3 is 12.1 Å². The van der Waals surface area contributed by atoms with E-state index in [4.69, 9.17) is 21.1 Å². The summed E-state index contributed by atoms with van der Waals surface area (Å²) in [6.45, 7) is 0.487. The van der Waals surface area contributed by atoms with Gasteiger partial charge in [0.05, 0.1) is 17.7 Å². The summed E-state index contributed by atoms with van der Waals surface area (Å²) in [5.41, 5.74) is 0.662. The molecule has 5 rings (SSSR count). The number of halogens is 2. The zero-order valence-electron chi connectivity index (χ0n) is 20.4. The number of carbonyl (C=O) groups is 4. The maximum atomic E-state index is 13.8. The van der Waals surface area contributed by atoms with Gasteiger partial charge in [0.15, 0.2) is 0 Å². The SMILES string of the molecule is CNC(=O)OCCNC(=O)c1[nH]c2cc(Cl)ccc2c1C(=O)N1CCC2(CC1)OC(=O)c1cc(F)ccc12. The molecular weight excluding hydrogens is 519 g/mol. The van der Waals surface area contributed by atoms with Crippen molar-refractivity contribution in [1.29, 1.82) is 0 Å². The molecule has 3 N–H and O–H groups in total. The van der Waals surface area contributed by atoms with Gasteiger partial charge in [-0.15, -0.1) is 0 Å². The standard InChI is InChI=1S/C26H24ClFN4O6/c1-29-25(36)37-11-8-30-22(33)21-20(16-4-2-14(27)12-19(16)31-21)23(34)32-9-6-26(7-10-32)18-5-3-15(28)13-17(18)24(35)38-26/h2-5,12-13,31H,6-11H2,1H3,(H,29,36)(H,30,33). The molecule has 1 saturated heterocycles. The van der Waals surface area contributed by atoms with Crippen molar-refractivity contribution in [2.24, 2.45) is 0 Å². The maximum absolute atomic E-state index is 13.8. The molecule has 3 amide bonds. The molecule has 0 bridgehead atoms. The van der Waals surface area contributed by atoms with Crippen LogP contribution in [-0.4, -0.2) is 67.0 Å². The van der Waals surface area contributed by atoms with E-state index >= 15 is 0 Å². The van der Waals surface area contributed by atoms with Crippen molar-refractivity contribution in [3.63, 3.8) is 0 Å². The first-order valence-electron chi connectivity index (χ1n) is 12.0. The van der Waals surface area contributed by atoms with Crippen molar-refractivity contribution >= 4 is 46.4 Å². The highest BCUT2D eigenvalue weighted by atomic mass is 35.5. The van der Waals surface area contributed by atoms with Crippen molar-refractivity contribution in [1.82, 2.24) is 20.5 Å². The Hall–Kier alpha value is -4.12. The van der Waals surface area contributed by atoms with E-state index in [2.05, 4.69) is 15.6 Å². The van der Waals surface area contributed by atoms with Crippen LogP contribution in [0.2, 0.25) is 5.02 Å². The van der Waals surface area contributed by atoms with E-state index in [0.717, 1.165) is 0 Å². The molecule has 2 aliphatic rings. The number of fused-ring (bicyclic) bond motifs is 3. The monoisotopic (exact) mass is 542 g/mol. The number of esters is 1. The quantitative estimate of drug-likeness (QED) is 0.335. The van der Waals surface area contributed by atoms with Gasteiger partial charge in [0, 0.05) is 54.5 Å². The third-order valence-electron chi connectivity index (χ3n) is 6.87. The number of benzene rings is 2. The number of amides is 3. The van der Waals surface area contributed by atoms with Crippen LogP contribution >= 0.6 is 11.6 Å². The third kappa shape index (κ3) is 4.53. The number of rotatable bonds is 5. The number of nitrogens with one attached hydrogen (secondary N) is 3. The fourth-order valence-electron chi connectivity index (χ4n) is 5.00. The molecule has 0 saturated carbocycles. The zero-order chi connectivity index (χ0) is 27.0. The second-order valence-corrected chi connectivity index (χ2v) is 9.51. The Morgan fingerprint density at radius 1 is 1.18 bits per heavy atom. The van der Waals surface area contributed by atoms with Crippen molar-refractivity contribution in [3.05, 3.63) is 69.6 Å². The number of hydrogen-bond acceptors (Lipinski definition) is 6. The number of likely N-dealkylation sites (tertiary alicyclic amines) is 1. The van der Waals surface area contributed by atoms with E-state index in [-0.39, 0.29) is 49.0 Å². The summed E-state index contributed by atoms with van der Waals surface area (Å²) in [4.78, 5) is 55.0. The van der Waals surface area contributed by atoms with Gasteiger partial charge in [0.1, 0.15) is 23.7 Å². The summed E-state index contributed by atoms with van der Waals surface area (Å²) < 4.78 is 24.3. The molecule has 1 fully saturated rings. The molecule has 1 spiro atoms. The normalized spacial score (nSPS) is 15.8. The minimum atomic E-state index is -0.921. The Balaban J connectivity index is 1.37. The number of carbonyl (C=O) groups excluding carboxylic acids is 4. The maximum Gasteiger partial charge on any atom is 0.406 e.